The van der Waals surface area contributed by atoms with Crippen molar-refractivity contribution in [3.05, 3.63) is 63.8 Å². The first kappa shape index (κ1) is 22.7. The summed E-state index contributed by atoms with van der Waals surface area (Å²) < 4.78 is 26.0. The summed E-state index contributed by atoms with van der Waals surface area (Å²) >= 11 is 7.47. The van der Waals surface area contributed by atoms with E-state index >= 15 is 0 Å². The van der Waals surface area contributed by atoms with Gasteiger partial charge in [0.05, 0.1) is 10.8 Å². The number of nitrogens with zero attached hydrogens (tertiary/aromatic N) is 1. The lowest BCUT2D eigenvalue weighted by Crippen LogP contribution is -2.57. The standard InChI is InChI=1S/C24H23ClFNO4S/c1-2-3-11-27-12-10-16(15-24(27)30-22(28)8-9-23(29)31-24)13-17-4-5-18(26)14-19(17)20-6-7-21(25)32-20/h4-9,13-14H,2-3,10-12,15H2,1H3/b16-13+. The Morgan fingerprint density at radius 2 is 1.94 bits per heavy atom. The van der Waals surface area contributed by atoms with Crippen LogP contribution in [0.25, 0.3) is 16.5 Å². The molecule has 0 aliphatic carbocycles. The highest BCUT2D eigenvalue weighted by atomic mass is 35.5. The molecule has 0 amide bonds. The fourth-order valence-corrected chi connectivity index (χ4v) is 5.06. The first-order valence-corrected chi connectivity index (χ1v) is 11.7. The fraction of sp³-hybridized carbons (Fsp3) is 0.333. The van der Waals surface area contributed by atoms with Gasteiger partial charge in [0.15, 0.2) is 0 Å². The first-order chi connectivity index (χ1) is 15.4. The molecule has 32 heavy (non-hydrogen) atoms. The largest absolute Gasteiger partial charge is 0.405 e. The van der Waals surface area contributed by atoms with Gasteiger partial charge in [-0.15, -0.1) is 11.3 Å². The van der Waals surface area contributed by atoms with Gasteiger partial charge < -0.3 is 9.47 Å². The Morgan fingerprint density at radius 3 is 2.59 bits per heavy atom. The van der Waals surface area contributed by atoms with Gasteiger partial charge in [-0.2, -0.15) is 0 Å². The van der Waals surface area contributed by atoms with Gasteiger partial charge >= 0.3 is 17.8 Å². The number of piperidine rings is 1. The van der Waals surface area contributed by atoms with Crippen LogP contribution >= 0.6 is 22.9 Å². The maximum Gasteiger partial charge on any atom is 0.335 e. The van der Waals surface area contributed by atoms with E-state index in [0.717, 1.165) is 46.6 Å². The fourth-order valence-electron chi connectivity index (χ4n) is 3.98. The van der Waals surface area contributed by atoms with E-state index < -0.39 is 17.8 Å². The van der Waals surface area contributed by atoms with E-state index in [1.165, 1.54) is 23.5 Å². The molecule has 2 aliphatic rings. The maximum absolute atomic E-state index is 14.0. The lowest BCUT2D eigenvalue weighted by atomic mass is 9.95. The number of ether oxygens (including phenoxy) is 2. The second-order valence-electron chi connectivity index (χ2n) is 7.79. The second-order valence-corrected chi connectivity index (χ2v) is 9.51. The maximum atomic E-state index is 14.0. The Bertz CT molecular complexity index is 1070. The highest BCUT2D eigenvalue weighted by Gasteiger charge is 2.48. The number of carbonyl (C=O) groups excluding carboxylic acids is 2. The Hall–Kier alpha value is -2.48. The summed E-state index contributed by atoms with van der Waals surface area (Å²) in [5.41, 5.74) is 2.49. The van der Waals surface area contributed by atoms with Gasteiger partial charge in [-0.25, -0.2) is 18.9 Å². The van der Waals surface area contributed by atoms with Gasteiger partial charge in [0.2, 0.25) is 0 Å². The zero-order valence-corrected chi connectivity index (χ0v) is 19.2. The van der Waals surface area contributed by atoms with Crippen LogP contribution < -0.4 is 0 Å². The summed E-state index contributed by atoms with van der Waals surface area (Å²) in [7, 11) is 0. The molecular weight excluding hydrogens is 453 g/mol. The van der Waals surface area contributed by atoms with Crippen molar-refractivity contribution < 1.29 is 23.5 Å². The molecule has 4 rings (SSSR count). The van der Waals surface area contributed by atoms with Gasteiger partial charge in [0.1, 0.15) is 5.82 Å². The number of hydrogen-bond acceptors (Lipinski definition) is 6. The molecule has 5 nitrogen and oxygen atoms in total. The van der Waals surface area contributed by atoms with Crippen molar-refractivity contribution in [3.8, 4) is 10.4 Å². The molecule has 0 unspecified atom stereocenters. The van der Waals surface area contributed by atoms with Gasteiger partial charge in [0.25, 0.3) is 0 Å². The normalized spacial score (nSPS) is 19.8. The average molecular weight is 476 g/mol. The second kappa shape index (κ2) is 9.57. The smallest absolute Gasteiger partial charge is 0.335 e. The minimum Gasteiger partial charge on any atom is -0.405 e. The molecule has 0 N–H and O–H groups in total. The van der Waals surface area contributed by atoms with Crippen molar-refractivity contribution in [1.29, 1.82) is 0 Å². The van der Waals surface area contributed by atoms with Gasteiger partial charge in [-0.3, -0.25) is 0 Å². The summed E-state index contributed by atoms with van der Waals surface area (Å²) in [6, 6.07) is 8.25. The van der Waals surface area contributed by atoms with Crippen molar-refractivity contribution in [1.82, 2.24) is 4.90 Å². The summed E-state index contributed by atoms with van der Waals surface area (Å²) in [5, 5.41) is 0. The van der Waals surface area contributed by atoms with Crippen molar-refractivity contribution in [2.45, 2.75) is 38.5 Å². The van der Waals surface area contributed by atoms with Crippen LogP contribution in [0.15, 0.2) is 48.1 Å². The molecule has 2 aromatic rings. The predicted molar refractivity (Wildman–Crippen MR) is 122 cm³/mol. The molecule has 0 radical (unpaired) electrons. The number of rotatable bonds is 5. The Kier molecular flexibility index (Phi) is 6.79. The predicted octanol–water partition coefficient (Wildman–Crippen LogP) is 5.80. The molecule has 3 heterocycles. The Morgan fingerprint density at radius 1 is 1.19 bits per heavy atom. The summed E-state index contributed by atoms with van der Waals surface area (Å²) in [6.45, 7) is 3.27. The summed E-state index contributed by atoms with van der Waals surface area (Å²) in [4.78, 5) is 27.2. The number of benzene rings is 1. The van der Waals surface area contributed by atoms with E-state index in [9.17, 15) is 14.0 Å². The molecule has 1 aromatic carbocycles. The molecule has 1 fully saturated rings. The van der Waals surface area contributed by atoms with Crippen LogP contribution in [0, 0.1) is 5.82 Å². The van der Waals surface area contributed by atoms with Crippen LogP contribution in [0.5, 0.6) is 0 Å². The van der Waals surface area contributed by atoms with E-state index in [4.69, 9.17) is 21.1 Å². The highest BCUT2D eigenvalue weighted by molar-refractivity contribution is 7.19. The third kappa shape index (κ3) is 4.95. The third-order valence-corrected chi connectivity index (χ3v) is 6.77. The number of esters is 2. The molecule has 168 valence electrons. The Labute approximate surface area is 195 Å². The molecule has 0 saturated carbocycles. The van der Waals surface area contributed by atoms with Gasteiger partial charge in [-0.1, -0.05) is 42.7 Å². The van der Waals surface area contributed by atoms with Crippen LogP contribution in [0.1, 0.15) is 38.2 Å². The van der Waals surface area contributed by atoms with Crippen LogP contribution in [0.4, 0.5) is 4.39 Å². The zero-order chi connectivity index (χ0) is 22.7. The van der Waals surface area contributed by atoms with E-state index in [-0.39, 0.29) is 12.2 Å². The SMILES string of the molecule is CCCCN1CC/C(=C\c2ccc(F)cc2-c2ccc(Cl)s2)CC12OC(=O)C=CC(=O)O2. The Balaban J connectivity index is 1.70. The molecule has 1 spiro atoms. The van der Waals surface area contributed by atoms with Crippen LogP contribution in [0.3, 0.4) is 0 Å². The topological polar surface area (TPSA) is 55.8 Å². The average Bonchev–Trinajstić information content (AvgIpc) is 3.13. The van der Waals surface area contributed by atoms with Crippen LogP contribution in [-0.4, -0.2) is 35.8 Å². The number of unbranched alkanes of at least 4 members (excludes halogenated alkanes) is 1. The highest BCUT2D eigenvalue weighted by Crippen LogP contribution is 2.39. The van der Waals surface area contributed by atoms with Crippen LogP contribution in [0.2, 0.25) is 4.34 Å². The number of carbonyl (C=O) groups is 2. The molecular formula is C24H23ClFNO4S. The van der Waals surface area contributed by atoms with Gasteiger partial charge in [0, 0.05) is 35.7 Å². The minimum absolute atomic E-state index is 0.220. The zero-order valence-electron chi connectivity index (χ0n) is 17.6. The molecule has 2 aliphatic heterocycles. The van der Waals surface area contributed by atoms with E-state index in [2.05, 4.69) is 6.92 Å². The van der Waals surface area contributed by atoms with E-state index in [1.54, 1.807) is 12.1 Å². The molecule has 1 saturated heterocycles. The molecule has 0 bridgehead atoms. The molecule has 0 atom stereocenters. The summed E-state index contributed by atoms with van der Waals surface area (Å²) in [6.07, 6.45) is 6.90. The number of hydrogen-bond donors (Lipinski definition) is 0. The quantitative estimate of drug-likeness (QED) is 0.512. The van der Waals surface area contributed by atoms with Crippen molar-refractivity contribution in [2.75, 3.05) is 13.1 Å². The van der Waals surface area contributed by atoms with E-state index in [0.29, 0.717) is 23.8 Å². The third-order valence-electron chi connectivity index (χ3n) is 5.51. The van der Waals surface area contributed by atoms with Crippen LogP contribution in [-0.2, 0) is 19.1 Å². The van der Waals surface area contributed by atoms with E-state index in [1.807, 2.05) is 17.0 Å². The lowest BCUT2D eigenvalue weighted by molar-refractivity contribution is -0.286. The number of likely N-dealkylation sites (tertiary alicyclic amines) is 1. The van der Waals surface area contributed by atoms with Gasteiger partial charge in [-0.05, 0) is 42.7 Å². The first-order valence-electron chi connectivity index (χ1n) is 10.5. The lowest BCUT2D eigenvalue weighted by Gasteiger charge is -2.44. The van der Waals surface area contributed by atoms with Crippen molar-refractivity contribution in [2.24, 2.45) is 0 Å². The number of halogens is 2. The van der Waals surface area contributed by atoms with Crippen molar-refractivity contribution >= 4 is 41.0 Å². The molecule has 8 heteroatoms. The summed E-state index contributed by atoms with van der Waals surface area (Å²) in [5.74, 6) is -3.05. The monoisotopic (exact) mass is 475 g/mol. The molecule has 1 aromatic heterocycles. The number of thiophene rings is 1. The minimum atomic E-state index is -1.48. The van der Waals surface area contributed by atoms with Crippen molar-refractivity contribution in [3.63, 3.8) is 0 Å².